The number of hydrogen-bond donors (Lipinski definition) is 3. The molecular weight excluding hydrogens is 388 g/mol. The molecule has 0 aliphatic carbocycles. The zero-order chi connectivity index (χ0) is 20.8. The number of hydrogen-bond acceptors (Lipinski definition) is 3. The summed E-state index contributed by atoms with van der Waals surface area (Å²) in [6.45, 7) is 3.21. The third-order valence-electron chi connectivity index (χ3n) is 4.48. The molecule has 3 rings (SSSR count). The van der Waals surface area contributed by atoms with Gasteiger partial charge in [-0.05, 0) is 49.2 Å². The summed E-state index contributed by atoms with van der Waals surface area (Å²) in [4.78, 5) is 11.7. The lowest BCUT2D eigenvalue weighted by Gasteiger charge is -2.06. The van der Waals surface area contributed by atoms with Gasteiger partial charge in [0.25, 0.3) is 0 Å². The Bertz CT molecular complexity index is 1080. The molecule has 6 nitrogen and oxygen atoms in total. The molecule has 0 saturated carbocycles. The number of nitrogen functional groups attached to an aromatic ring is 1. The molecule has 0 saturated heterocycles. The van der Waals surface area contributed by atoms with Crippen molar-refractivity contribution in [3.05, 3.63) is 53.7 Å². The summed E-state index contributed by atoms with van der Waals surface area (Å²) in [5.74, 6) is 7.50. The molecule has 3 aromatic rings. The number of nitrogens with two attached hydrogens (primary N) is 1. The smallest absolute Gasteiger partial charge is 0.319 e. The molecule has 2 aromatic carbocycles. The van der Waals surface area contributed by atoms with Gasteiger partial charge in [-0.2, -0.15) is 0 Å². The highest BCUT2D eigenvalue weighted by Gasteiger charge is 2.13. The van der Waals surface area contributed by atoms with E-state index in [4.69, 9.17) is 22.1 Å². The molecule has 2 amide bonds. The number of rotatable bonds is 5. The Hall–Kier alpha value is -3.30. The number of methoxy groups -OCH3 is 1. The van der Waals surface area contributed by atoms with Gasteiger partial charge in [0.15, 0.2) is 0 Å². The lowest BCUT2D eigenvalue weighted by atomic mass is 10.2. The van der Waals surface area contributed by atoms with Gasteiger partial charge in [0.1, 0.15) is 11.4 Å². The Labute approximate surface area is 175 Å². The molecule has 0 spiro atoms. The highest BCUT2D eigenvalue weighted by molar-refractivity contribution is 6.18. The molecule has 4 N–H and O–H groups in total. The maximum Gasteiger partial charge on any atom is 0.319 e. The highest BCUT2D eigenvalue weighted by atomic mass is 35.5. The van der Waals surface area contributed by atoms with E-state index in [1.807, 2.05) is 30.3 Å². The first-order chi connectivity index (χ1) is 14.1. The van der Waals surface area contributed by atoms with Gasteiger partial charge in [-0.1, -0.05) is 5.92 Å². The minimum Gasteiger partial charge on any atom is -0.497 e. The molecule has 150 valence electrons. The fourth-order valence-electron chi connectivity index (χ4n) is 3.05. The fraction of sp³-hybridized carbons (Fsp3) is 0.227. The number of amides is 2. The van der Waals surface area contributed by atoms with E-state index in [-0.39, 0.29) is 6.03 Å². The van der Waals surface area contributed by atoms with Crippen LogP contribution in [0.4, 0.5) is 16.2 Å². The molecule has 0 fully saturated rings. The molecule has 0 bridgehead atoms. The number of aryl methyl sites for hydroxylation is 1. The number of urea groups is 1. The van der Waals surface area contributed by atoms with Gasteiger partial charge in [-0.25, -0.2) is 4.79 Å². The molecule has 0 aliphatic rings. The van der Waals surface area contributed by atoms with E-state index in [0.29, 0.717) is 23.8 Å². The topological polar surface area (TPSA) is 81.3 Å². The predicted molar refractivity (Wildman–Crippen MR) is 119 cm³/mol. The van der Waals surface area contributed by atoms with E-state index >= 15 is 0 Å². The number of carbonyl (C=O) groups is 1. The van der Waals surface area contributed by atoms with Crippen LogP contribution in [-0.2, 0) is 6.54 Å². The molecule has 0 aliphatic heterocycles. The standard InChI is InChI=1S/C22H23ClN4O2/c1-3-27-19(21(24)18-10-9-17(29-2)14-20(18)27)11-6-15-4-7-16(8-5-15)26-22(28)25-13-12-23/h4-5,7-10,14H,3,12-13,24H2,1-2H3,(H2,25,26,28). The van der Waals surface area contributed by atoms with E-state index in [2.05, 4.69) is 34.0 Å². The Morgan fingerprint density at radius 2 is 1.97 bits per heavy atom. The molecule has 7 heteroatoms. The zero-order valence-electron chi connectivity index (χ0n) is 16.4. The van der Waals surface area contributed by atoms with Crippen LogP contribution in [0.5, 0.6) is 5.75 Å². The fourth-order valence-corrected chi connectivity index (χ4v) is 3.15. The Kier molecular flexibility index (Phi) is 6.53. The summed E-state index contributed by atoms with van der Waals surface area (Å²) in [6.07, 6.45) is 0. The maximum absolute atomic E-state index is 11.7. The second-order valence-electron chi connectivity index (χ2n) is 6.29. The van der Waals surface area contributed by atoms with Crippen molar-refractivity contribution in [3.63, 3.8) is 0 Å². The number of anilines is 2. The van der Waals surface area contributed by atoms with Gasteiger partial charge < -0.3 is 25.7 Å². The summed E-state index contributed by atoms with van der Waals surface area (Å²) in [6, 6.07) is 12.8. The summed E-state index contributed by atoms with van der Waals surface area (Å²) >= 11 is 5.55. The quantitative estimate of drug-likeness (QED) is 0.439. The third kappa shape index (κ3) is 4.58. The Balaban J connectivity index is 1.85. The second kappa shape index (κ2) is 9.26. The van der Waals surface area contributed by atoms with Crippen molar-refractivity contribution in [2.75, 3.05) is 30.6 Å². The van der Waals surface area contributed by atoms with Crippen molar-refractivity contribution in [3.8, 4) is 17.6 Å². The van der Waals surface area contributed by atoms with Gasteiger partial charge in [-0.3, -0.25) is 0 Å². The van der Waals surface area contributed by atoms with E-state index < -0.39 is 0 Å². The van der Waals surface area contributed by atoms with Crippen molar-refractivity contribution in [2.24, 2.45) is 0 Å². The lowest BCUT2D eigenvalue weighted by molar-refractivity contribution is 0.252. The van der Waals surface area contributed by atoms with Crippen molar-refractivity contribution in [1.29, 1.82) is 0 Å². The average Bonchev–Trinajstić information content (AvgIpc) is 3.02. The van der Waals surface area contributed by atoms with Gasteiger partial charge >= 0.3 is 6.03 Å². The molecule has 1 heterocycles. The van der Waals surface area contributed by atoms with Crippen LogP contribution in [0.2, 0.25) is 0 Å². The number of benzene rings is 2. The van der Waals surface area contributed by atoms with Crippen LogP contribution in [-0.4, -0.2) is 30.1 Å². The van der Waals surface area contributed by atoms with E-state index in [1.165, 1.54) is 0 Å². The van der Waals surface area contributed by atoms with Gasteiger partial charge in [-0.15, -0.1) is 11.6 Å². The zero-order valence-corrected chi connectivity index (χ0v) is 17.1. The van der Waals surface area contributed by atoms with Crippen LogP contribution < -0.4 is 21.1 Å². The molecule has 1 aromatic heterocycles. The average molecular weight is 411 g/mol. The SMILES string of the molecule is CCn1c(C#Cc2ccc(NC(=O)NCCCl)cc2)c(N)c2ccc(OC)cc21. The number of aromatic nitrogens is 1. The summed E-state index contributed by atoms with van der Waals surface area (Å²) in [7, 11) is 1.64. The number of alkyl halides is 1. The van der Waals surface area contributed by atoms with Crippen LogP contribution in [0.3, 0.4) is 0 Å². The minimum atomic E-state index is -0.292. The predicted octanol–water partition coefficient (Wildman–Crippen LogP) is 4.01. The lowest BCUT2D eigenvalue weighted by Crippen LogP contribution is -2.30. The van der Waals surface area contributed by atoms with Gasteiger partial charge in [0, 0.05) is 41.7 Å². The largest absolute Gasteiger partial charge is 0.497 e. The number of nitrogens with one attached hydrogen (secondary N) is 2. The first-order valence-electron chi connectivity index (χ1n) is 9.26. The summed E-state index contributed by atoms with van der Waals surface area (Å²) in [5, 5.41) is 6.34. The van der Waals surface area contributed by atoms with E-state index in [1.54, 1.807) is 19.2 Å². The second-order valence-corrected chi connectivity index (χ2v) is 6.66. The first-order valence-corrected chi connectivity index (χ1v) is 9.79. The normalized spacial score (nSPS) is 10.3. The number of fused-ring (bicyclic) bond motifs is 1. The molecule has 0 atom stereocenters. The van der Waals surface area contributed by atoms with Crippen molar-refractivity contribution < 1.29 is 9.53 Å². The van der Waals surface area contributed by atoms with E-state index in [0.717, 1.165) is 34.5 Å². The number of carbonyl (C=O) groups excluding carboxylic acids is 1. The van der Waals surface area contributed by atoms with Crippen LogP contribution in [0.15, 0.2) is 42.5 Å². The van der Waals surface area contributed by atoms with Crippen LogP contribution in [0, 0.1) is 11.8 Å². The molecule has 29 heavy (non-hydrogen) atoms. The van der Waals surface area contributed by atoms with Crippen LogP contribution in [0.1, 0.15) is 18.2 Å². The Morgan fingerprint density at radius 1 is 1.21 bits per heavy atom. The molecule has 0 unspecified atom stereocenters. The van der Waals surface area contributed by atoms with Gasteiger partial charge in [0.2, 0.25) is 0 Å². The summed E-state index contributed by atoms with van der Waals surface area (Å²) < 4.78 is 7.41. The highest BCUT2D eigenvalue weighted by Crippen LogP contribution is 2.31. The van der Waals surface area contributed by atoms with E-state index in [9.17, 15) is 4.79 Å². The molecule has 0 radical (unpaired) electrons. The number of ether oxygens (including phenoxy) is 1. The minimum absolute atomic E-state index is 0.292. The number of halogens is 1. The first kappa shape index (κ1) is 20.4. The van der Waals surface area contributed by atoms with Crippen LogP contribution >= 0.6 is 11.6 Å². The maximum atomic E-state index is 11.7. The third-order valence-corrected chi connectivity index (χ3v) is 4.66. The van der Waals surface area contributed by atoms with Crippen molar-refractivity contribution in [1.82, 2.24) is 9.88 Å². The van der Waals surface area contributed by atoms with Crippen LogP contribution in [0.25, 0.3) is 10.9 Å². The monoisotopic (exact) mass is 410 g/mol. The van der Waals surface area contributed by atoms with Crippen molar-refractivity contribution >= 4 is 39.9 Å². The van der Waals surface area contributed by atoms with Gasteiger partial charge in [0.05, 0.1) is 18.3 Å². The molecular formula is C22H23ClN4O2. The Morgan fingerprint density at radius 3 is 2.62 bits per heavy atom. The van der Waals surface area contributed by atoms with Crippen molar-refractivity contribution in [2.45, 2.75) is 13.5 Å². The number of nitrogens with zero attached hydrogens (tertiary/aromatic N) is 1. The summed E-state index contributed by atoms with van der Waals surface area (Å²) in [5.41, 5.74) is 10.3.